The van der Waals surface area contributed by atoms with E-state index >= 15 is 0 Å². The molecule has 3 heterocycles. The van der Waals surface area contributed by atoms with Gasteiger partial charge in [-0.25, -0.2) is 4.98 Å². The fraction of sp³-hybridized carbons (Fsp3) is 0.471. The van der Waals surface area contributed by atoms with Gasteiger partial charge in [0.1, 0.15) is 11.9 Å². The van der Waals surface area contributed by atoms with Crippen LogP contribution in [0.15, 0.2) is 30.5 Å². The number of hydrogen-bond acceptors (Lipinski definition) is 5. The molecule has 0 radical (unpaired) electrons. The SMILES string of the molecule is O=C(C1CCCN1c1cnc2ccccc2n1)N1CCOCC1. The number of benzene rings is 1. The van der Waals surface area contributed by atoms with Gasteiger partial charge in [0, 0.05) is 19.6 Å². The van der Waals surface area contributed by atoms with Crippen LogP contribution in [0.25, 0.3) is 11.0 Å². The molecule has 1 amide bonds. The summed E-state index contributed by atoms with van der Waals surface area (Å²) >= 11 is 0. The molecule has 120 valence electrons. The normalized spacial score (nSPS) is 21.8. The van der Waals surface area contributed by atoms with Crippen molar-refractivity contribution in [2.45, 2.75) is 18.9 Å². The second-order valence-electron chi connectivity index (χ2n) is 6.01. The van der Waals surface area contributed by atoms with E-state index < -0.39 is 0 Å². The first kappa shape index (κ1) is 14.4. The molecule has 0 saturated carbocycles. The Morgan fingerprint density at radius 2 is 1.91 bits per heavy atom. The number of morpholine rings is 1. The average molecular weight is 312 g/mol. The maximum absolute atomic E-state index is 12.8. The number of ether oxygens (including phenoxy) is 1. The van der Waals surface area contributed by atoms with Crippen molar-refractivity contribution in [1.82, 2.24) is 14.9 Å². The highest BCUT2D eigenvalue weighted by atomic mass is 16.5. The number of para-hydroxylation sites is 2. The lowest BCUT2D eigenvalue weighted by molar-refractivity contribution is -0.136. The fourth-order valence-corrected chi connectivity index (χ4v) is 3.38. The van der Waals surface area contributed by atoms with Gasteiger partial charge in [-0.3, -0.25) is 9.78 Å². The topological polar surface area (TPSA) is 58.6 Å². The molecule has 2 aliphatic heterocycles. The van der Waals surface area contributed by atoms with Crippen molar-refractivity contribution in [3.8, 4) is 0 Å². The molecule has 1 aromatic carbocycles. The first-order valence-electron chi connectivity index (χ1n) is 8.18. The largest absolute Gasteiger partial charge is 0.378 e. The van der Waals surface area contributed by atoms with Crippen molar-refractivity contribution >= 4 is 22.8 Å². The van der Waals surface area contributed by atoms with Crippen LogP contribution in [0.2, 0.25) is 0 Å². The van der Waals surface area contributed by atoms with Crippen LogP contribution in [0.4, 0.5) is 5.82 Å². The van der Waals surface area contributed by atoms with Gasteiger partial charge in [-0.2, -0.15) is 0 Å². The molecule has 2 aliphatic rings. The Balaban J connectivity index is 1.59. The van der Waals surface area contributed by atoms with E-state index in [0.717, 1.165) is 36.2 Å². The van der Waals surface area contributed by atoms with E-state index in [-0.39, 0.29) is 11.9 Å². The molecule has 6 heteroatoms. The predicted molar refractivity (Wildman–Crippen MR) is 87.3 cm³/mol. The van der Waals surface area contributed by atoms with Crippen molar-refractivity contribution < 1.29 is 9.53 Å². The molecule has 1 unspecified atom stereocenters. The first-order chi connectivity index (χ1) is 11.3. The Hall–Kier alpha value is -2.21. The zero-order valence-electron chi connectivity index (χ0n) is 13.0. The van der Waals surface area contributed by atoms with E-state index in [2.05, 4.69) is 9.88 Å². The summed E-state index contributed by atoms with van der Waals surface area (Å²) in [4.78, 5) is 26.0. The zero-order chi connectivity index (χ0) is 15.6. The molecule has 2 fully saturated rings. The Morgan fingerprint density at radius 3 is 2.74 bits per heavy atom. The number of rotatable bonds is 2. The lowest BCUT2D eigenvalue weighted by Crippen LogP contribution is -2.50. The fourth-order valence-electron chi connectivity index (χ4n) is 3.38. The molecule has 4 rings (SSSR count). The monoisotopic (exact) mass is 312 g/mol. The Labute approximate surface area is 135 Å². The van der Waals surface area contributed by atoms with Crippen LogP contribution < -0.4 is 4.90 Å². The van der Waals surface area contributed by atoms with Gasteiger partial charge in [0.05, 0.1) is 30.4 Å². The molecule has 2 aromatic rings. The maximum Gasteiger partial charge on any atom is 0.245 e. The van der Waals surface area contributed by atoms with Crippen molar-refractivity contribution in [1.29, 1.82) is 0 Å². The molecule has 1 aromatic heterocycles. The van der Waals surface area contributed by atoms with E-state index in [1.807, 2.05) is 29.2 Å². The predicted octanol–water partition coefficient (Wildman–Crippen LogP) is 1.46. The van der Waals surface area contributed by atoms with Gasteiger partial charge in [0.15, 0.2) is 0 Å². The molecule has 0 spiro atoms. The first-order valence-corrected chi connectivity index (χ1v) is 8.18. The second kappa shape index (κ2) is 6.12. The molecule has 6 nitrogen and oxygen atoms in total. The van der Waals surface area contributed by atoms with Crippen molar-refractivity contribution in [3.63, 3.8) is 0 Å². The summed E-state index contributed by atoms with van der Waals surface area (Å²) in [6.45, 7) is 3.50. The molecular weight excluding hydrogens is 292 g/mol. The number of nitrogens with zero attached hydrogens (tertiary/aromatic N) is 4. The summed E-state index contributed by atoms with van der Waals surface area (Å²) < 4.78 is 5.34. The Kier molecular flexibility index (Phi) is 3.83. The minimum absolute atomic E-state index is 0.122. The number of carbonyl (C=O) groups is 1. The molecule has 0 N–H and O–H groups in total. The van der Waals surface area contributed by atoms with Gasteiger partial charge in [-0.05, 0) is 25.0 Å². The van der Waals surface area contributed by atoms with Gasteiger partial charge in [-0.1, -0.05) is 12.1 Å². The second-order valence-corrected chi connectivity index (χ2v) is 6.01. The minimum atomic E-state index is -0.122. The van der Waals surface area contributed by atoms with Crippen molar-refractivity contribution in [2.24, 2.45) is 0 Å². The number of carbonyl (C=O) groups excluding carboxylic acids is 1. The van der Waals surface area contributed by atoms with E-state index in [9.17, 15) is 4.79 Å². The van der Waals surface area contributed by atoms with Crippen molar-refractivity contribution in [2.75, 3.05) is 37.7 Å². The third-order valence-electron chi connectivity index (χ3n) is 4.59. The third-order valence-corrected chi connectivity index (χ3v) is 4.59. The van der Waals surface area contributed by atoms with Gasteiger partial charge >= 0.3 is 0 Å². The minimum Gasteiger partial charge on any atom is -0.378 e. The smallest absolute Gasteiger partial charge is 0.245 e. The van der Waals surface area contributed by atoms with Gasteiger partial charge in [-0.15, -0.1) is 0 Å². The Bertz CT molecular complexity index is 715. The summed E-state index contributed by atoms with van der Waals surface area (Å²) in [5, 5.41) is 0. The highest BCUT2D eigenvalue weighted by molar-refractivity contribution is 5.86. The van der Waals surface area contributed by atoms with E-state index in [1.54, 1.807) is 6.20 Å². The number of hydrogen-bond donors (Lipinski definition) is 0. The summed E-state index contributed by atoms with van der Waals surface area (Å²) in [6, 6.07) is 7.70. The van der Waals surface area contributed by atoms with Crippen LogP contribution in [-0.2, 0) is 9.53 Å². The highest BCUT2D eigenvalue weighted by Crippen LogP contribution is 2.26. The van der Waals surface area contributed by atoms with Gasteiger partial charge < -0.3 is 14.5 Å². The van der Waals surface area contributed by atoms with Crippen LogP contribution in [0, 0.1) is 0 Å². The zero-order valence-corrected chi connectivity index (χ0v) is 13.0. The van der Waals surface area contributed by atoms with Crippen LogP contribution in [0.5, 0.6) is 0 Å². The number of aromatic nitrogens is 2. The number of anilines is 1. The number of amides is 1. The molecule has 1 atom stereocenters. The third kappa shape index (κ3) is 2.74. The van der Waals surface area contributed by atoms with Crippen molar-refractivity contribution in [3.05, 3.63) is 30.5 Å². The Morgan fingerprint density at radius 1 is 1.13 bits per heavy atom. The van der Waals surface area contributed by atoms with Crippen LogP contribution in [-0.4, -0.2) is 59.7 Å². The molecule has 23 heavy (non-hydrogen) atoms. The van der Waals surface area contributed by atoms with Crippen LogP contribution in [0.3, 0.4) is 0 Å². The molecular formula is C17H20N4O2. The lowest BCUT2D eigenvalue weighted by atomic mass is 10.2. The van der Waals surface area contributed by atoms with E-state index in [4.69, 9.17) is 9.72 Å². The highest BCUT2D eigenvalue weighted by Gasteiger charge is 2.35. The molecule has 2 saturated heterocycles. The lowest BCUT2D eigenvalue weighted by Gasteiger charge is -2.32. The standard InChI is InChI=1S/C17H20N4O2/c22-17(20-8-10-23-11-9-20)15-6-3-7-21(15)16-12-18-13-4-1-2-5-14(13)19-16/h1-2,4-5,12,15H,3,6-11H2. The van der Waals surface area contributed by atoms with E-state index in [1.165, 1.54) is 0 Å². The summed E-state index contributed by atoms with van der Waals surface area (Å²) in [5.74, 6) is 0.994. The van der Waals surface area contributed by atoms with E-state index in [0.29, 0.717) is 26.3 Å². The van der Waals surface area contributed by atoms with Gasteiger partial charge in [0.25, 0.3) is 0 Å². The van der Waals surface area contributed by atoms with Gasteiger partial charge in [0.2, 0.25) is 5.91 Å². The quantitative estimate of drug-likeness (QED) is 0.840. The number of fused-ring (bicyclic) bond motifs is 1. The average Bonchev–Trinajstić information content (AvgIpc) is 3.11. The summed E-state index contributed by atoms with van der Waals surface area (Å²) in [7, 11) is 0. The maximum atomic E-state index is 12.8. The summed E-state index contributed by atoms with van der Waals surface area (Å²) in [5.41, 5.74) is 1.75. The van der Waals surface area contributed by atoms with Crippen LogP contribution >= 0.6 is 0 Å². The summed E-state index contributed by atoms with van der Waals surface area (Å²) in [6.07, 6.45) is 3.67. The molecule has 0 aliphatic carbocycles. The molecule has 0 bridgehead atoms. The van der Waals surface area contributed by atoms with Crippen LogP contribution in [0.1, 0.15) is 12.8 Å².